The van der Waals surface area contributed by atoms with E-state index in [0.717, 1.165) is 31.8 Å². The van der Waals surface area contributed by atoms with Crippen LogP contribution in [0.3, 0.4) is 0 Å². The topological polar surface area (TPSA) is 78.1 Å². The number of carbonyl (C=O) groups is 1. The summed E-state index contributed by atoms with van der Waals surface area (Å²) in [5.74, 6) is 0.454. The fourth-order valence-corrected chi connectivity index (χ4v) is 4.02. The van der Waals surface area contributed by atoms with Gasteiger partial charge in [0.25, 0.3) is 0 Å². The van der Waals surface area contributed by atoms with Crippen molar-refractivity contribution in [3.05, 3.63) is 59.7 Å². The molecule has 2 aromatic heterocycles. The zero-order valence-corrected chi connectivity index (χ0v) is 17.2. The lowest BCUT2D eigenvalue weighted by Crippen LogP contribution is -2.35. The molecular formula is C21H25FN6O2. The van der Waals surface area contributed by atoms with E-state index in [-0.39, 0.29) is 18.3 Å². The maximum Gasteiger partial charge on any atom is 0.341 e. The van der Waals surface area contributed by atoms with Gasteiger partial charge in [0.2, 0.25) is 0 Å². The van der Waals surface area contributed by atoms with Crippen molar-refractivity contribution in [2.75, 3.05) is 19.7 Å². The molecule has 1 fully saturated rings. The Bertz CT molecular complexity index is 1030. The second-order valence-corrected chi connectivity index (χ2v) is 7.49. The van der Waals surface area contributed by atoms with Gasteiger partial charge in [-0.15, -0.1) is 10.2 Å². The molecule has 30 heavy (non-hydrogen) atoms. The molecule has 4 rings (SSSR count). The molecule has 8 nitrogen and oxygen atoms in total. The van der Waals surface area contributed by atoms with Crippen molar-refractivity contribution in [1.82, 2.24) is 29.4 Å². The number of aromatic nitrogens is 5. The first-order valence-electron chi connectivity index (χ1n) is 10.1. The summed E-state index contributed by atoms with van der Waals surface area (Å²) in [6.45, 7) is 4.24. The number of carbonyl (C=O) groups excluding carboxylic acids is 1. The highest BCUT2D eigenvalue weighted by Crippen LogP contribution is 2.27. The number of hydrogen-bond acceptors (Lipinski definition) is 6. The number of likely N-dealkylation sites (tertiary alicyclic amines) is 1. The molecule has 0 bridgehead atoms. The molecule has 0 saturated carbocycles. The Morgan fingerprint density at radius 1 is 1.37 bits per heavy atom. The molecule has 1 aliphatic rings. The van der Waals surface area contributed by atoms with E-state index >= 15 is 0 Å². The van der Waals surface area contributed by atoms with Crippen LogP contribution in [-0.2, 0) is 18.3 Å². The number of hydrogen-bond donors (Lipinski definition) is 0. The molecule has 9 heteroatoms. The molecule has 0 amide bonds. The first-order valence-corrected chi connectivity index (χ1v) is 10.1. The van der Waals surface area contributed by atoms with Crippen molar-refractivity contribution in [2.45, 2.75) is 32.2 Å². The molecule has 1 aromatic carbocycles. The van der Waals surface area contributed by atoms with Gasteiger partial charge in [0, 0.05) is 26.1 Å². The number of aryl methyl sites for hydroxylation is 1. The number of esters is 1. The molecular weight excluding hydrogens is 387 g/mol. The predicted molar refractivity (Wildman–Crippen MR) is 108 cm³/mol. The Hall–Kier alpha value is -3.07. The van der Waals surface area contributed by atoms with Gasteiger partial charge in [-0.3, -0.25) is 4.90 Å². The quantitative estimate of drug-likeness (QED) is 0.580. The molecule has 0 radical (unpaired) electrons. The average molecular weight is 412 g/mol. The molecule has 0 N–H and O–H groups in total. The van der Waals surface area contributed by atoms with Gasteiger partial charge in [0.05, 0.1) is 24.2 Å². The van der Waals surface area contributed by atoms with Crippen LogP contribution in [0.4, 0.5) is 4.39 Å². The SMILES string of the molecule is CCOC(=O)c1cnn(-c2cccc(F)c2)c1CN1CCC[C@@H](c2nncn2C)C1. The van der Waals surface area contributed by atoms with E-state index in [2.05, 4.69) is 20.2 Å². The minimum Gasteiger partial charge on any atom is -0.462 e. The summed E-state index contributed by atoms with van der Waals surface area (Å²) in [4.78, 5) is 14.8. The van der Waals surface area contributed by atoms with E-state index in [1.165, 1.54) is 18.3 Å². The van der Waals surface area contributed by atoms with Crippen LogP contribution in [0.2, 0.25) is 0 Å². The lowest BCUT2D eigenvalue weighted by Gasteiger charge is -2.32. The third-order valence-electron chi connectivity index (χ3n) is 5.41. The normalized spacial score (nSPS) is 17.2. The fourth-order valence-electron chi connectivity index (χ4n) is 4.02. The third-order valence-corrected chi connectivity index (χ3v) is 5.41. The van der Waals surface area contributed by atoms with Gasteiger partial charge in [-0.05, 0) is 44.5 Å². The summed E-state index contributed by atoms with van der Waals surface area (Å²) in [5, 5.41) is 12.6. The Morgan fingerprint density at radius 3 is 2.97 bits per heavy atom. The highest BCUT2D eigenvalue weighted by atomic mass is 19.1. The third kappa shape index (κ3) is 4.11. The van der Waals surface area contributed by atoms with Crippen LogP contribution in [-0.4, -0.2) is 55.1 Å². The number of ether oxygens (including phenoxy) is 1. The lowest BCUT2D eigenvalue weighted by molar-refractivity contribution is 0.0523. The number of halogens is 1. The number of nitrogens with zero attached hydrogens (tertiary/aromatic N) is 6. The molecule has 1 saturated heterocycles. The van der Waals surface area contributed by atoms with Gasteiger partial charge in [-0.25, -0.2) is 13.9 Å². The second-order valence-electron chi connectivity index (χ2n) is 7.49. The van der Waals surface area contributed by atoms with E-state index in [0.29, 0.717) is 23.5 Å². The van der Waals surface area contributed by atoms with Crippen LogP contribution in [0.1, 0.15) is 47.6 Å². The van der Waals surface area contributed by atoms with E-state index in [1.807, 2.05) is 11.6 Å². The van der Waals surface area contributed by atoms with Crippen molar-refractivity contribution in [3.8, 4) is 5.69 Å². The average Bonchev–Trinajstić information content (AvgIpc) is 3.35. The zero-order valence-electron chi connectivity index (χ0n) is 17.2. The second kappa shape index (κ2) is 8.74. The fraction of sp³-hybridized carbons (Fsp3) is 0.429. The molecule has 158 valence electrons. The molecule has 3 aromatic rings. The minimum atomic E-state index is -0.419. The number of piperidine rings is 1. The maximum atomic E-state index is 13.8. The molecule has 1 aliphatic heterocycles. The summed E-state index contributed by atoms with van der Waals surface area (Å²) in [6, 6.07) is 6.19. The van der Waals surface area contributed by atoms with Gasteiger partial charge in [0.1, 0.15) is 23.5 Å². The molecule has 0 unspecified atom stereocenters. The summed E-state index contributed by atoms with van der Waals surface area (Å²) in [6.07, 6.45) is 5.27. The van der Waals surface area contributed by atoms with Gasteiger partial charge < -0.3 is 9.30 Å². The highest BCUT2D eigenvalue weighted by Gasteiger charge is 2.28. The van der Waals surface area contributed by atoms with Gasteiger partial charge in [-0.2, -0.15) is 5.10 Å². The zero-order chi connectivity index (χ0) is 21.1. The van der Waals surface area contributed by atoms with Crippen LogP contribution in [0.15, 0.2) is 36.8 Å². The summed E-state index contributed by atoms with van der Waals surface area (Å²) >= 11 is 0. The van der Waals surface area contributed by atoms with Crippen LogP contribution in [0.5, 0.6) is 0 Å². The standard InChI is InChI=1S/C21H25FN6O2/c1-3-30-21(29)18-11-24-28(17-8-4-7-16(22)10-17)19(18)13-27-9-5-6-15(12-27)20-25-23-14-26(20)2/h4,7-8,10-11,14-15H,3,5-6,9,12-13H2,1-2H3/t15-/m1/s1. The monoisotopic (exact) mass is 412 g/mol. The minimum absolute atomic E-state index is 0.267. The van der Waals surface area contributed by atoms with Crippen LogP contribution in [0, 0.1) is 5.82 Å². The van der Waals surface area contributed by atoms with E-state index < -0.39 is 5.97 Å². The van der Waals surface area contributed by atoms with E-state index in [4.69, 9.17) is 4.74 Å². The Kier molecular flexibility index (Phi) is 5.89. The van der Waals surface area contributed by atoms with Crippen molar-refractivity contribution >= 4 is 5.97 Å². The van der Waals surface area contributed by atoms with Gasteiger partial charge in [-0.1, -0.05) is 6.07 Å². The molecule has 3 heterocycles. The van der Waals surface area contributed by atoms with Crippen LogP contribution in [0.25, 0.3) is 5.69 Å². The molecule has 1 atom stereocenters. The summed E-state index contributed by atoms with van der Waals surface area (Å²) < 4.78 is 22.6. The smallest absolute Gasteiger partial charge is 0.341 e. The Morgan fingerprint density at radius 2 is 2.23 bits per heavy atom. The first-order chi connectivity index (χ1) is 14.6. The van der Waals surface area contributed by atoms with Crippen molar-refractivity contribution in [1.29, 1.82) is 0 Å². The van der Waals surface area contributed by atoms with Gasteiger partial charge in [0.15, 0.2) is 0 Å². The van der Waals surface area contributed by atoms with Crippen molar-refractivity contribution < 1.29 is 13.9 Å². The predicted octanol–water partition coefficient (Wildman–Crippen LogP) is 2.70. The highest BCUT2D eigenvalue weighted by molar-refractivity contribution is 5.90. The number of benzene rings is 1. The van der Waals surface area contributed by atoms with Gasteiger partial charge >= 0.3 is 5.97 Å². The molecule has 0 aliphatic carbocycles. The van der Waals surface area contributed by atoms with Crippen LogP contribution >= 0.6 is 0 Å². The first kappa shape index (κ1) is 20.2. The summed E-state index contributed by atoms with van der Waals surface area (Å²) in [7, 11) is 1.95. The maximum absolute atomic E-state index is 13.8. The van der Waals surface area contributed by atoms with E-state index in [1.54, 1.807) is 30.1 Å². The lowest BCUT2D eigenvalue weighted by atomic mass is 9.97. The number of rotatable bonds is 6. The van der Waals surface area contributed by atoms with Crippen molar-refractivity contribution in [3.63, 3.8) is 0 Å². The molecule has 0 spiro atoms. The summed E-state index contributed by atoms with van der Waals surface area (Å²) in [5.41, 5.74) is 1.67. The van der Waals surface area contributed by atoms with E-state index in [9.17, 15) is 9.18 Å². The Labute approximate surface area is 174 Å². The Balaban J connectivity index is 1.64. The van der Waals surface area contributed by atoms with Crippen molar-refractivity contribution in [2.24, 2.45) is 7.05 Å². The van der Waals surface area contributed by atoms with Crippen LogP contribution < -0.4 is 0 Å². The largest absolute Gasteiger partial charge is 0.462 e.